The highest BCUT2D eigenvalue weighted by atomic mass is 19.1. The Kier molecular flexibility index (Phi) is 6.25. The summed E-state index contributed by atoms with van der Waals surface area (Å²) in [5.74, 6) is 2.83. The fourth-order valence-corrected chi connectivity index (χ4v) is 3.48. The third-order valence-corrected chi connectivity index (χ3v) is 5.09. The Morgan fingerprint density at radius 3 is 2.90 bits per heavy atom. The lowest BCUT2D eigenvalue weighted by Gasteiger charge is -2.19. The number of rotatable bonds is 6. The molecule has 1 unspecified atom stereocenters. The monoisotopic (exact) mass is 424 g/mol. The zero-order valence-corrected chi connectivity index (χ0v) is 17.5. The summed E-state index contributed by atoms with van der Waals surface area (Å²) in [6, 6.07) is 10.7. The number of nitrogens with zero attached hydrogens (tertiary/aromatic N) is 5. The van der Waals surface area contributed by atoms with Crippen LogP contribution >= 0.6 is 0 Å². The smallest absolute Gasteiger partial charge is 0.191 e. The van der Waals surface area contributed by atoms with Gasteiger partial charge in [-0.15, -0.1) is 0 Å². The van der Waals surface area contributed by atoms with Crippen LogP contribution in [0, 0.1) is 5.82 Å². The number of hydrogen-bond acceptors (Lipinski definition) is 6. The molecule has 0 amide bonds. The van der Waals surface area contributed by atoms with E-state index in [4.69, 9.17) is 4.74 Å². The number of benzene rings is 1. The lowest BCUT2D eigenvalue weighted by Crippen LogP contribution is -2.44. The summed E-state index contributed by atoms with van der Waals surface area (Å²) in [5.41, 5.74) is 0.901. The molecular formula is C21H25FN8O. The number of H-pyrrole nitrogens is 1. The van der Waals surface area contributed by atoms with E-state index in [1.807, 2.05) is 29.2 Å². The molecule has 0 aliphatic carbocycles. The maximum Gasteiger partial charge on any atom is 0.191 e. The molecule has 162 valence electrons. The van der Waals surface area contributed by atoms with Gasteiger partial charge in [-0.05, 0) is 42.8 Å². The molecular weight excluding hydrogens is 399 g/mol. The van der Waals surface area contributed by atoms with Crippen molar-refractivity contribution in [2.75, 3.05) is 32.1 Å². The molecule has 10 heteroatoms. The van der Waals surface area contributed by atoms with Crippen LogP contribution in [0.2, 0.25) is 0 Å². The molecule has 31 heavy (non-hydrogen) atoms. The molecule has 2 aromatic heterocycles. The molecule has 3 heterocycles. The predicted molar refractivity (Wildman–Crippen MR) is 117 cm³/mol. The van der Waals surface area contributed by atoms with Crippen LogP contribution in [0.4, 0.5) is 10.2 Å². The topological polar surface area (TPSA) is 103 Å². The summed E-state index contributed by atoms with van der Waals surface area (Å²) in [7, 11) is 3.34. The fraction of sp³-hybridized carbons (Fsp3) is 0.333. The van der Waals surface area contributed by atoms with Gasteiger partial charge >= 0.3 is 0 Å². The van der Waals surface area contributed by atoms with Gasteiger partial charge in [-0.1, -0.05) is 0 Å². The first-order valence-corrected chi connectivity index (χ1v) is 10.0. The highest BCUT2D eigenvalue weighted by molar-refractivity contribution is 5.80. The van der Waals surface area contributed by atoms with Crippen molar-refractivity contribution >= 4 is 11.8 Å². The lowest BCUT2D eigenvalue weighted by atomic mass is 10.2. The Hall–Kier alpha value is -3.69. The van der Waals surface area contributed by atoms with Crippen molar-refractivity contribution in [2.45, 2.75) is 19.0 Å². The second-order valence-corrected chi connectivity index (χ2v) is 7.14. The number of aliphatic imine (C=N–C) groups is 1. The molecule has 1 fully saturated rings. The van der Waals surface area contributed by atoms with Gasteiger partial charge in [0.25, 0.3) is 0 Å². The van der Waals surface area contributed by atoms with Gasteiger partial charge in [-0.3, -0.25) is 10.1 Å². The van der Waals surface area contributed by atoms with Crippen molar-refractivity contribution in [3.8, 4) is 17.1 Å². The summed E-state index contributed by atoms with van der Waals surface area (Å²) < 4.78 is 19.2. The summed E-state index contributed by atoms with van der Waals surface area (Å²) >= 11 is 0. The average molecular weight is 424 g/mol. The lowest BCUT2D eigenvalue weighted by molar-refractivity contribution is 0.415. The largest absolute Gasteiger partial charge is 0.497 e. The minimum atomic E-state index is -0.302. The predicted octanol–water partition coefficient (Wildman–Crippen LogP) is 1.96. The summed E-state index contributed by atoms with van der Waals surface area (Å²) in [6.07, 6.45) is 2.47. The molecule has 0 radical (unpaired) electrons. The van der Waals surface area contributed by atoms with E-state index in [1.165, 1.54) is 6.07 Å². The van der Waals surface area contributed by atoms with E-state index in [9.17, 15) is 4.39 Å². The van der Waals surface area contributed by atoms with Gasteiger partial charge in [0.2, 0.25) is 0 Å². The molecule has 1 aromatic carbocycles. The zero-order chi connectivity index (χ0) is 21.6. The summed E-state index contributed by atoms with van der Waals surface area (Å²) in [6.45, 7) is 1.82. The third kappa shape index (κ3) is 4.90. The van der Waals surface area contributed by atoms with E-state index in [-0.39, 0.29) is 11.9 Å². The third-order valence-electron chi connectivity index (χ3n) is 5.09. The van der Waals surface area contributed by atoms with E-state index in [0.29, 0.717) is 36.5 Å². The zero-order valence-electron chi connectivity index (χ0n) is 17.5. The number of anilines is 1. The molecule has 1 atom stereocenters. The van der Waals surface area contributed by atoms with E-state index in [2.05, 4.69) is 35.8 Å². The number of ether oxygens (including phenoxy) is 1. The van der Waals surface area contributed by atoms with E-state index in [0.717, 1.165) is 24.3 Å². The Morgan fingerprint density at radius 1 is 1.32 bits per heavy atom. The van der Waals surface area contributed by atoms with Gasteiger partial charge in [0.05, 0.1) is 13.7 Å². The highest BCUT2D eigenvalue weighted by Gasteiger charge is 2.26. The molecule has 4 rings (SSSR count). The van der Waals surface area contributed by atoms with Crippen molar-refractivity contribution < 1.29 is 9.13 Å². The number of aromatic amines is 1. The second kappa shape index (κ2) is 9.41. The maximum absolute atomic E-state index is 14.0. The first-order chi connectivity index (χ1) is 15.2. The van der Waals surface area contributed by atoms with Crippen LogP contribution in [0.1, 0.15) is 12.2 Å². The van der Waals surface area contributed by atoms with Crippen molar-refractivity contribution in [2.24, 2.45) is 4.99 Å². The van der Waals surface area contributed by atoms with Gasteiger partial charge < -0.3 is 20.3 Å². The molecule has 1 saturated heterocycles. The second-order valence-electron chi connectivity index (χ2n) is 7.14. The van der Waals surface area contributed by atoms with Gasteiger partial charge in [-0.2, -0.15) is 5.10 Å². The SMILES string of the molecule is CN=C(NCc1nc(-c2ccc(OC)cc2)n[nH]1)NC1CCN(c2ncccc2F)C1. The number of halogens is 1. The van der Waals surface area contributed by atoms with Crippen molar-refractivity contribution in [1.82, 2.24) is 30.8 Å². The molecule has 1 aliphatic rings. The van der Waals surface area contributed by atoms with Gasteiger partial charge in [0.1, 0.15) is 11.6 Å². The first-order valence-electron chi connectivity index (χ1n) is 10.0. The standard InChI is InChI=1S/C21H25FN8O/c1-23-21(26-15-9-11-30(13-15)20-17(22)4-3-10-24-20)25-12-18-27-19(29-28-18)14-5-7-16(31-2)8-6-14/h3-8,10,15H,9,11-13H2,1-2H3,(H2,23,25,26)(H,27,28,29). The molecule has 1 aliphatic heterocycles. The summed E-state index contributed by atoms with van der Waals surface area (Å²) in [5, 5.41) is 13.8. The normalized spacial score (nSPS) is 16.4. The minimum absolute atomic E-state index is 0.136. The van der Waals surface area contributed by atoms with Crippen molar-refractivity contribution in [3.05, 3.63) is 54.2 Å². The Bertz CT molecular complexity index is 1040. The fourth-order valence-electron chi connectivity index (χ4n) is 3.48. The number of pyridine rings is 1. The molecule has 0 spiro atoms. The average Bonchev–Trinajstić information content (AvgIpc) is 3.47. The van der Waals surface area contributed by atoms with E-state index >= 15 is 0 Å². The van der Waals surface area contributed by atoms with Gasteiger partial charge in [-0.25, -0.2) is 14.4 Å². The van der Waals surface area contributed by atoms with Gasteiger partial charge in [0, 0.05) is 37.9 Å². The Morgan fingerprint density at radius 2 is 2.16 bits per heavy atom. The minimum Gasteiger partial charge on any atom is -0.497 e. The molecule has 3 N–H and O–H groups in total. The van der Waals surface area contributed by atoms with Crippen LogP contribution in [-0.2, 0) is 6.54 Å². The van der Waals surface area contributed by atoms with Crippen molar-refractivity contribution in [1.29, 1.82) is 0 Å². The highest BCUT2D eigenvalue weighted by Crippen LogP contribution is 2.21. The van der Waals surface area contributed by atoms with Crippen molar-refractivity contribution in [3.63, 3.8) is 0 Å². The Balaban J connectivity index is 1.30. The number of aromatic nitrogens is 4. The van der Waals surface area contributed by atoms with Crippen LogP contribution in [0.25, 0.3) is 11.4 Å². The number of nitrogens with one attached hydrogen (secondary N) is 3. The maximum atomic E-state index is 14.0. The Labute approximate surface area is 179 Å². The number of methoxy groups -OCH3 is 1. The number of guanidine groups is 1. The van der Waals surface area contributed by atoms with Crippen LogP contribution in [0.3, 0.4) is 0 Å². The van der Waals surface area contributed by atoms with Crippen LogP contribution < -0.4 is 20.3 Å². The van der Waals surface area contributed by atoms with Crippen LogP contribution in [-0.4, -0.2) is 59.4 Å². The molecule has 3 aromatic rings. The first kappa shape index (κ1) is 20.6. The molecule has 0 bridgehead atoms. The molecule has 9 nitrogen and oxygen atoms in total. The van der Waals surface area contributed by atoms with Gasteiger partial charge in [0.15, 0.2) is 23.4 Å². The van der Waals surface area contributed by atoms with Crippen LogP contribution in [0.5, 0.6) is 5.75 Å². The summed E-state index contributed by atoms with van der Waals surface area (Å²) in [4.78, 5) is 14.9. The number of hydrogen-bond donors (Lipinski definition) is 3. The molecule has 0 saturated carbocycles. The van der Waals surface area contributed by atoms with E-state index < -0.39 is 0 Å². The quantitative estimate of drug-likeness (QED) is 0.411. The van der Waals surface area contributed by atoms with E-state index in [1.54, 1.807) is 26.4 Å². The van der Waals surface area contributed by atoms with Crippen LogP contribution in [0.15, 0.2) is 47.6 Å².